The molecule has 2 unspecified atom stereocenters. The van der Waals surface area contributed by atoms with E-state index < -0.39 is 31.3 Å². The van der Waals surface area contributed by atoms with Gasteiger partial charge in [-0.2, -0.15) is 26.3 Å². The van der Waals surface area contributed by atoms with Crippen LogP contribution in [-0.4, -0.2) is 65.2 Å². The minimum atomic E-state index is -6.09. The summed E-state index contributed by atoms with van der Waals surface area (Å²) in [7, 11) is -10.7. The lowest BCUT2D eigenvalue weighted by Crippen LogP contribution is -2.32. The van der Waals surface area contributed by atoms with Gasteiger partial charge in [-0.05, 0) is 42.1 Å². The van der Waals surface area contributed by atoms with Crippen molar-refractivity contribution in [1.29, 1.82) is 0 Å². The molecular formula is C19H24F6O6S4. The van der Waals surface area contributed by atoms with Gasteiger partial charge < -0.3 is 9.11 Å². The summed E-state index contributed by atoms with van der Waals surface area (Å²) in [5, 5.41) is 1.99. The van der Waals surface area contributed by atoms with Crippen molar-refractivity contribution in [2.45, 2.75) is 53.6 Å². The molecule has 2 saturated heterocycles. The second-order valence-electron chi connectivity index (χ2n) is 7.97. The van der Waals surface area contributed by atoms with Gasteiger partial charge in [0.2, 0.25) is 0 Å². The highest BCUT2D eigenvalue weighted by molar-refractivity contribution is 8.01. The Bertz CT molecular complexity index is 1000. The number of rotatable bonds is 2. The van der Waals surface area contributed by atoms with Crippen LogP contribution in [0.5, 0.6) is 0 Å². The molecule has 2 heterocycles. The van der Waals surface area contributed by atoms with Gasteiger partial charge in [-0.3, -0.25) is 0 Å². The van der Waals surface area contributed by atoms with Gasteiger partial charge in [-0.1, -0.05) is 24.3 Å². The van der Waals surface area contributed by atoms with E-state index in [4.69, 9.17) is 25.9 Å². The fourth-order valence-corrected chi connectivity index (χ4v) is 10.9. The zero-order valence-corrected chi connectivity index (χ0v) is 21.4. The Labute approximate surface area is 206 Å². The standard InChI is InChI=1S/C17H24S2.2CHF3O3S/c1-2-8-15-14(7-1)13-16(18-9-3-4-10-18)17(15)19-11-5-6-12-19;2*2-1(3,4)8(5,6)7/h1-2,7-8,16-17H,3-6,9-13H2;2*(H,5,6,7)/q+2;;/p-2. The quantitative estimate of drug-likeness (QED) is 0.225. The molecule has 2 aliphatic heterocycles. The third-order valence-corrected chi connectivity index (χ3v) is 12.8. The first kappa shape index (κ1) is 30.5. The molecule has 6 nitrogen and oxygen atoms in total. The molecule has 0 amide bonds. The van der Waals surface area contributed by atoms with Crippen LogP contribution in [0.4, 0.5) is 26.3 Å². The molecule has 1 aliphatic carbocycles. The van der Waals surface area contributed by atoms with Gasteiger partial charge in [0.1, 0.15) is 23.0 Å². The van der Waals surface area contributed by atoms with Gasteiger partial charge in [-0.15, -0.1) is 0 Å². The number of hydrogen-bond acceptors (Lipinski definition) is 6. The van der Waals surface area contributed by atoms with Gasteiger partial charge >= 0.3 is 11.0 Å². The average Bonchev–Trinajstić information content (AvgIpc) is 3.45. The Balaban J connectivity index is 0.000000227. The summed E-state index contributed by atoms with van der Waals surface area (Å²) in [5.74, 6) is 6.16. The first-order valence-corrected chi connectivity index (χ1v) is 16.4. The fourth-order valence-electron chi connectivity index (χ4n) is 4.12. The highest BCUT2D eigenvalue weighted by Gasteiger charge is 2.53. The third-order valence-electron chi connectivity index (χ3n) is 5.60. The summed E-state index contributed by atoms with van der Waals surface area (Å²) < 4.78 is 118. The Kier molecular flexibility index (Phi) is 10.3. The van der Waals surface area contributed by atoms with E-state index in [1.54, 1.807) is 22.6 Å². The summed E-state index contributed by atoms with van der Waals surface area (Å²) in [5.41, 5.74) is -7.83. The van der Waals surface area contributed by atoms with Crippen LogP contribution in [0.15, 0.2) is 24.3 Å². The number of fused-ring (bicyclic) bond motifs is 1. The molecular weight excluding hydrogens is 566 g/mol. The van der Waals surface area contributed by atoms with E-state index in [-0.39, 0.29) is 0 Å². The van der Waals surface area contributed by atoms with Crippen molar-refractivity contribution in [2.24, 2.45) is 0 Å². The zero-order chi connectivity index (χ0) is 26.7. The summed E-state index contributed by atoms with van der Waals surface area (Å²) in [6.45, 7) is 0. The first-order chi connectivity index (χ1) is 15.9. The van der Waals surface area contributed by atoms with E-state index in [0.29, 0.717) is 10.9 Å². The maximum Gasteiger partial charge on any atom is 0.485 e. The molecule has 35 heavy (non-hydrogen) atoms. The molecule has 0 radical (unpaired) electrons. The molecule has 3 aliphatic rings. The molecule has 0 N–H and O–H groups in total. The normalized spacial score (nSPS) is 23.8. The van der Waals surface area contributed by atoms with Crippen molar-refractivity contribution >= 4 is 42.0 Å². The van der Waals surface area contributed by atoms with E-state index in [1.165, 1.54) is 43.6 Å². The topological polar surface area (TPSA) is 114 Å². The molecule has 16 heteroatoms. The predicted octanol–water partition coefficient (Wildman–Crippen LogP) is 3.58. The molecule has 1 aromatic rings. The highest BCUT2D eigenvalue weighted by Crippen LogP contribution is 2.46. The third kappa shape index (κ3) is 8.42. The second-order valence-corrected chi connectivity index (χ2v) is 15.6. The van der Waals surface area contributed by atoms with Crippen LogP contribution in [0.3, 0.4) is 0 Å². The van der Waals surface area contributed by atoms with Crippen LogP contribution in [0.2, 0.25) is 0 Å². The lowest BCUT2D eigenvalue weighted by atomic mass is 10.1. The number of halogens is 6. The van der Waals surface area contributed by atoms with Crippen LogP contribution < -0.4 is 0 Å². The summed E-state index contributed by atoms with van der Waals surface area (Å²) in [6.07, 6.45) is 7.44. The van der Waals surface area contributed by atoms with Gasteiger partial charge in [0.25, 0.3) is 0 Å². The maximum atomic E-state index is 10.7. The predicted molar refractivity (Wildman–Crippen MR) is 121 cm³/mol. The van der Waals surface area contributed by atoms with Gasteiger partial charge in [0.05, 0.1) is 0 Å². The maximum absolute atomic E-state index is 10.7. The number of benzene rings is 1. The molecule has 1 aromatic carbocycles. The van der Waals surface area contributed by atoms with Crippen LogP contribution in [-0.2, 0) is 48.4 Å². The van der Waals surface area contributed by atoms with E-state index >= 15 is 0 Å². The monoisotopic (exact) mass is 590 g/mol. The summed E-state index contributed by atoms with van der Waals surface area (Å²) >= 11 is 0. The van der Waals surface area contributed by atoms with Crippen molar-refractivity contribution < 1.29 is 52.3 Å². The Hall–Kier alpha value is -0.680. The van der Waals surface area contributed by atoms with Crippen molar-refractivity contribution in [3.63, 3.8) is 0 Å². The Morgan fingerprint density at radius 1 is 0.714 bits per heavy atom. The molecule has 0 saturated carbocycles. The van der Waals surface area contributed by atoms with E-state index in [2.05, 4.69) is 24.3 Å². The average molecular weight is 591 g/mol. The SMILES string of the molecule is O=S(=O)([O-])C(F)(F)F.O=S(=O)([O-])C(F)(F)F.c1ccc2c(c1)CC([S+]1CCCC1)C2[S+]1CCCC1. The largest absolute Gasteiger partial charge is 0.741 e. The zero-order valence-electron chi connectivity index (χ0n) is 18.2. The van der Waals surface area contributed by atoms with Crippen LogP contribution in [0.1, 0.15) is 42.1 Å². The fraction of sp³-hybridized carbons (Fsp3) is 0.684. The highest BCUT2D eigenvalue weighted by atomic mass is 32.2. The molecule has 2 fully saturated rings. The summed E-state index contributed by atoms with van der Waals surface area (Å²) in [6, 6.07) is 9.42. The van der Waals surface area contributed by atoms with Crippen LogP contribution >= 0.6 is 0 Å². The van der Waals surface area contributed by atoms with E-state index in [0.717, 1.165) is 21.4 Å². The number of hydrogen-bond donors (Lipinski definition) is 0. The Morgan fingerprint density at radius 2 is 1.09 bits per heavy atom. The lowest BCUT2D eigenvalue weighted by Gasteiger charge is -2.18. The molecule has 0 bridgehead atoms. The molecule has 2 atom stereocenters. The molecule has 0 aromatic heterocycles. The van der Waals surface area contributed by atoms with Crippen molar-refractivity contribution in [2.75, 3.05) is 23.0 Å². The smallest absolute Gasteiger partial charge is 0.485 e. The minimum Gasteiger partial charge on any atom is -0.741 e. The van der Waals surface area contributed by atoms with Crippen LogP contribution in [0.25, 0.3) is 0 Å². The lowest BCUT2D eigenvalue weighted by molar-refractivity contribution is -0.0522. The number of alkyl halides is 6. The molecule has 202 valence electrons. The van der Waals surface area contributed by atoms with E-state index in [9.17, 15) is 26.3 Å². The second kappa shape index (κ2) is 11.8. The van der Waals surface area contributed by atoms with Gasteiger partial charge in [0, 0.05) is 22.9 Å². The Morgan fingerprint density at radius 3 is 1.49 bits per heavy atom. The van der Waals surface area contributed by atoms with Crippen LogP contribution in [0, 0.1) is 0 Å². The van der Waals surface area contributed by atoms with Gasteiger partial charge in [-0.25, -0.2) is 16.8 Å². The molecule has 0 spiro atoms. The first-order valence-electron chi connectivity index (χ1n) is 10.4. The van der Waals surface area contributed by atoms with Crippen molar-refractivity contribution in [1.82, 2.24) is 0 Å². The summed E-state index contributed by atoms with van der Waals surface area (Å²) in [4.78, 5) is 0. The molecule has 4 rings (SSSR count). The van der Waals surface area contributed by atoms with Gasteiger partial charge in [0.15, 0.2) is 30.7 Å². The van der Waals surface area contributed by atoms with E-state index in [1.807, 2.05) is 0 Å². The van der Waals surface area contributed by atoms with Crippen molar-refractivity contribution in [3.8, 4) is 0 Å². The minimum absolute atomic E-state index is 0.717. The van der Waals surface area contributed by atoms with Crippen molar-refractivity contribution in [3.05, 3.63) is 35.4 Å².